The van der Waals surface area contributed by atoms with Crippen molar-refractivity contribution in [1.82, 2.24) is 19.7 Å². The van der Waals surface area contributed by atoms with Gasteiger partial charge < -0.3 is 29.4 Å². The molecule has 0 radical (unpaired) electrons. The summed E-state index contributed by atoms with van der Waals surface area (Å²) >= 11 is 0. The van der Waals surface area contributed by atoms with Crippen LogP contribution in [0.25, 0.3) is 38.6 Å². The number of aromatic amines is 1. The number of pyridine rings is 3. The average molecular weight is 759 g/mol. The lowest BCUT2D eigenvalue weighted by Gasteiger charge is -2.25. The number of esters is 1. The molecule has 2 fully saturated rings. The molecule has 1 saturated heterocycles. The zero-order chi connectivity index (χ0) is 39.8. The van der Waals surface area contributed by atoms with E-state index in [1.807, 2.05) is 0 Å². The van der Waals surface area contributed by atoms with E-state index >= 15 is 8.78 Å². The van der Waals surface area contributed by atoms with Gasteiger partial charge in [-0.1, -0.05) is 6.07 Å². The van der Waals surface area contributed by atoms with Gasteiger partial charge in [0.25, 0.3) is 5.56 Å². The molecule has 1 spiro atoms. The molecule has 1 saturated carbocycles. The molecule has 2 aliphatic rings. The van der Waals surface area contributed by atoms with Crippen molar-refractivity contribution >= 4 is 57.0 Å². The van der Waals surface area contributed by atoms with Gasteiger partial charge in [0, 0.05) is 66.7 Å². The van der Waals surface area contributed by atoms with Gasteiger partial charge in [-0.2, -0.15) is 0 Å². The highest BCUT2D eigenvalue weighted by Gasteiger charge is 2.59. The second-order valence-electron chi connectivity index (χ2n) is 16.3. The number of anilines is 2. The molecule has 13 nitrogen and oxygen atoms in total. The fourth-order valence-electron chi connectivity index (χ4n) is 7.42. The minimum atomic E-state index is -1.18. The van der Waals surface area contributed by atoms with Crippen molar-refractivity contribution in [2.24, 2.45) is 5.41 Å². The Morgan fingerprint density at radius 1 is 1.05 bits per heavy atom. The van der Waals surface area contributed by atoms with E-state index in [1.165, 1.54) is 17.5 Å². The van der Waals surface area contributed by atoms with Crippen LogP contribution in [0.4, 0.5) is 29.7 Å². The van der Waals surface area contributed by atoms with Gasteiger partial charge in [0.05, 0.1) is 34.3 Å². The lowest BCUT2D eigenvalue weighted by molar-refractivity contribution is 0.0509. The number of rotatable bonds is 6. The van der Waals surface area contributed by atoms with E-state index < -0.39 is 46.6 Å². The molecule has 0 bridgehead atoms. The van der Waals surface area contributed by atoms with Gasteiger partial charge in [-0.15, -0.1) is 0 Å². The van der Waals surface area contributed by atoms with Crippen molar-refractivity contribution < 1.29 is 37.4 Å². The van der Waals surface area contributed by atoms with E-state index in [9.17, 15) is 19.2 Å². The number of amides is 2. The van der Waals surface area contributed by atoms with Crippen LogP contribution in [-0.4, -0.2) is 76.5 Å². The largest absolute Gasteiger partial charge is 0.462 e. The normalized spacial score (nSPS) is 18.3. The van der Waals surface area contributed by atoms with E-state index in [0.717, 1.165) is 11.0 Å². The molecular weight excluding hydrogens is 714 g/mol. The molecule has 2 N–H and O–H groups in total. The average Bonchev–Trinajstić information content (AvgIpc) is 3.38. The molecule has 290 valence electrons. The summed E-state index contributed by atoms with van der Waals surface area (Å²) < 4.78 is 49.5. The molecular formula is C40H44F2N6O7. The molecule has 15 heteroatoms. The maximum atomic E-state index is 16.3. The fraction of sp³-hybridized carbons (Fsp3) is 0.425. The number of aromatic nitrogens is 3. The zero-order valence-electron chi connectivity index (χ0n) is 32.1. The van der Waals surface area contributed by atoms with Crippen molar-refractivity contribution in [2.75, 3.05) is 36.5 Å². The number of carbonyl (C=O) groups excluding carboxylic acids is 3. The standard InChI is InChI=1S/C40H44F2N6O7/c1-9-53-35(50)23-13-12-22-11-10-21(19-48(22)34(23)49)24-18-43-33-29(32(24)47-15-14-40(20-47)17-27(40)44-36(51)54-38(2,3)4)28-30(42)25(41)16-26(31(28)45-33)46(8)37(52)55-39(5,6)7/h10-13,16,18-19,27H,9,14-15,17,20H2,1-8H3,(H,43,45)(H,44,51)/t27-,40+/m0/s1. The number of carbonyl (C=O) groups is 3. The first-order valence-corrected chi connectivity index (χ1v) is 18.2. The van der Waals surface area contributed by atoms with E-state index in [4.69, 9.17) is 14.2 Å². The van der Waals surface area contributed by atoms with Crippen LogP contribution < -0.4 is 20.7 Å². The van der Waals surface area contributed by atoms with Crippen LogP contribution >= 0.6 is 0 Å². The smallest absolute Gasteiger partial charge is 0.414 e. The van der Waals surface area contributed by atoms with Gasteiger partial charge in [-0.3, -0.25) is 14.1 Å². The predicted molar refractivity (Wildman–Crippen MR) is 204 cm³/mol. The minimum absolute atomic E-state index is 0.0408. The number of halogens is 2. The van der Waals surface area contributed by atoms with Crippen LogP contribution in [-0.2, 0) is 14.2 Å². The first-order chi connectivity index (χ1) is 25.8. The molecule has 55 heavy (non-hydrogen) atoms. The van der Waals surface area contributed by atoms with Gasteiger partial charge in [0.1, 0.15) is 22.4 Å². The van der Waals surface area contributed by atoms with Crippen molar-refractivity contribution in [3.8, 4) is 11.1 Å². The third-order valence-electron chi connectivity index (χ3n) is 10.0. The third kappa shape index (κ3) is 6.91. The molecule has 5 aromatic rings. The SMILES string of the molecule is CCOC(=O)c1ccc2ccc(-c3cnc4[nH]c5c(N(C)C(=O)OC(C)(C)C)cc(F)c(F)c5c4c3N3CC[C@@]4(C[C@@H]4NC(=O)OC(C)(C)C)C3)cn2c1=O. The molecule has 2 amide bonds. The highest BCUT2D eigenvalue weighted by atomic mass is 19.2. The highest BCUT2D eigenvalue weighted by Crippen LogP contribution is 2.55. The summed E-state index contributed by atoms with van der Waals surface area (Å²) in [4.78, 5) is 63.1. The summed E-state index contributed by atoms with van der Waals surface area (Å²) in [5.41, 5.74) is -0.103. The predicted octanol–water partition coefficient (Wildman–Crippen LogP) is 7.32. The lowest BCUT2D eigenvalue weighted by Crippen LogP contribution is -2.36. The molecule has 2 atom stereocenters. The van der Waals surface area contributed by atoms with Crippen LogP contribution in [0, 0.1) is 17.0 Å². The number of benzene rings is 1. The number of hydrogen-bond donors (Lipinski definition) is 2. The van der Waals surface area contributed by atoms with Gasteiger partial charge in [0.15, 0.2) is 11.6 Å². The van der Waals surface area contributed by atoms with E-state index in [0.29, 0.717) is 48.3 Å². The Morgan fingerprint density at radius 3 is 2.45 bits per heavy atom. The van der Waals surface area contributed by atoms with Crippen molar-refractivity contribution in [3.63, 3.8) is 0 Å². The molecule has 7 rings (SSSR count). The van der Waals surface area contributed by atoms with E-state index in [1.54, 1.807) is 79.1 Å². The van der Waals surface area contributed by atoms with E-state index in [-0.39, 0.29) is 51.3 Å². The van der Waals surface area contributed by atoms with Gasteiger partial charge in [-0.05, 0) is 79.5 Å². The highest BCUT2D eigenvalue weighted by molar-refractivity contribution is 6.19. The van der Waals surface area contributed by atoms with Crippen LogP contribution in [0.3, 0.4) is 0 Å². The number of alkyl carbamates (subject to hydrolysis) is 1. The lowest BCUT2D eigenvalue weighted by atomic mass is 10.0. The summed E-state index contributed by atoms with van der Waals surface area (Å²) in [6.07, 6.45) is 3.26. The maximum absolute atomic E-state index is 16.3. The number of H-pyrrole nitrogens is 1. The molecule has 5 heterocycles. The Balaban J connectivity index is 1.41. The van der Waals surface area contributed by atoms with Crippen LogP contribution in [0.1, 0.15) is 71.7 Å². The summed E-state index contributed by atoms with van der Waals surface area (Å²) in [5, 5.41) is 3.15. The fourth-order valence-corrected chi connectivity index (χ4v) is 7.42. The summed E-state index contributed by atoms with van der Waals surface area (Å²) in [6, 6.07) is 7.33. The first-order valence-electron chi connectivity index (χ1n) is 18.2. The van der Waals surface area contributed by atoms with Crippen LogP contribution in [0.5, 0.6) is 0 Å². The van der Waals surface area contributed by atoms with Crippen LogP contribution in [0.15, 0.2) is 47.5 Å². The quantitative estimate of drug-likeness (QED) is 0.134. The van der Waals surface area contributed by atoms with Crippen molar-refractivity contribution in [1.29, 1.82) is 0 Å². The summed E-state index contributed by atoms with van der Waals surface area (Å²) in [7, 11) is 1.41. The molecule has 1 aliphatic carbocycles. The summed E-state index contributed by atoms with van der Waals surface area (Å²) in [6.45, 7) is 13.2. The Hall–Kier alpha value is -5.73. The van der Waals surface area contributed by atoms with Gasteiger partial charge >= 0.3 is 18.2 Å². The second kappa shape index (κ2) is 13.2. The van der Waals surface area contributed by atoms with Crippen molar-refractivity contribution in [2.45, 2.75) is 78.6 Å². The Kier molecular flexibility index (Phi) is 9.04. The molecule has 4 aromatic heterocycles. The molecule has 0 unspecified atom stereocenters. The summed E-state index contributed by atoms with van der Waals surface area (Å²) in [5.74, 6) is -3.07. The monoisotopic (exact) mass is 758 g/mol. The number of nitrogens with one attached hydrogen (secondary N) is 2. The van der Waals surface area contributed by atoms with Gasteiger partial charge in [-0.25, -0.2) is 28.1 Å². The maximum Gasteiger partial charge on any atom is 0.414 e. The topological polar surface area (TPSA) is 148 Å². The Bertz CT molecular complexity index is 2460. The molecule has 1 aromatic carbocycles. The van der Waals surface area contributed by atoms with Crippen LogP contribution in [0.2, 0.25) is 0 Å². The third-order valence-corrected chi connectivity index (χ3v) is 10.0. The van der Waals surface area contributed by atoms with Gasteiger partial charge in [0.2, 0.25) is 0 Å². The Labute approximate surface area is 315 Å². The first kappa shape index (κ1) is 37.6. The number of nitrogens with zero attached hydrogens (tertiary/aromatic N) is 4. The molecule has 1 aliphatic heterocycles. The number of ether oxygens (including phenoxy) is 3. The minimum Gasteiger partial charge on any atom is -0.462 e. The Morgan fingerprint density at radius 2 is 1.76 bits per heavy atom. The number of fused-ring (bicyclic) bond motifs is 4. The second-order valence-corrected chi connectivity index (χ2v) is 16.3. The van der Waals surface area contributed by atoms with E-state index in [2.05, 4.69) is 20.2 Å². The zero-order valence-corrected chi connectivity index (χ0v) is 32.1. The van der Waals surface area contributed by atoms with Crippen molar-refractivity contribution in [3.05, 3.63) is 70.3 Å². The number of hydrogen-bond acceptors (Lipinski definition) is 9.